The van der Waals surface area contributed by atoms with Crippen molar-refractivity contribution < 1.29 is 4.92 Å². The van der Waals surface area contributed by atoms with Gasteiger partial charge in [-0.25, -0.2) is 0 Å². The maximum absolute atomic E-state index is 10.7. The predicted octanol–water partition coefficient (Wildman–Crippen LogP) is 3.85. The lowest BCUT2D eigenvalue weighted by molar-refractivity contribution is -0.384. The van der Waals surface area contributed by atoms with Crippen LogP contribution in [0.5, 0.6) is 0 Å². The number of nitrogens with zero attached hydrogens (tertiary/aromatic N) is 1. The average molecular weight is 268 g/mol. The molecule has 4 nitrogen and oxygen atoms in total. The minimum atomic E-state index is -0.351. The highest BCUT2D eigenvalue weighted by Gasteiger charge is 2.07. The Balaban J connectivity index is 2.40. The number of thioether (sulfide) groups is 1. The summed E-state index contributed by atoms with van der Waals surface area (Å²) in [4.78, 5) is 10.4. The van der Waals surface area contributed by atoms with Gasteiger partial charge in [0.15, 0.2) is 0 Å². The molecular weight excluding hydrogens is 248 g/mol. The van der Waals surface area contributed by atoms with Crippen molar-refractivity contribution in [1.29, 1.82) is 0 Å². The molecular formula is C13H20N2O2S. The van der Waals surface area contributed by atoms with E-state index in [-0.39, 0.29) is 10.6 Å². The molecule has 0 fully saturated rings. The Bertz CT molecular complexity index is 397. The summed E-state index contributed by atoms with van der Waals surface area (Å²) in [7, 11) is 0. The number of unbranched alkanes of at least 4 members (excludes halogenated alkanes) is 2. The van der Waals surface area contributed by atoms with Crippen LogP contribution >= 0.6 is 11.8 Å². The zero-order chi connectivity index (χ0) is 13.4. The third-order valence-electron chi connectivity index (χ3n) is 2.63. The fourth-order valence-corrected chi connectivity index (χ4v) is 2.24. The van der Waals surface area contributed by atoms with Gasteiger partial charge < -0.3 is 5.32 Å². The summed E-state index contributed by atoms with van der Waals surface area (Å²) in [6.07, 6.45) is 5.64. The van der Waals surface area contributed by atoms with Gasteiger partial charge in [0.1, 0.15) is 0 Å². The van der Waals surface area contributed by atoms with E-state index in [1.54, 1.807) is 12.1 Å². The summed E-state index contributed by atoms with van der Waals surface area (Å²) in [6, 6.07) is 5.12. The first-order valence-corrected chi connectivity index (χ1v) is 7.52. The van der Waals surface area contributed by atoms with Gasteiger partial charge in [-0.15, -0.1) is 0 Å². The van der Waals surface area contributed by atoms with Gasteiger partial charge in [-0.3, -0.25) is 10.1 Å². The Morgan fingerprint density at radius 2 is 2.06 bits per heavy atom. The fraction of sp³-hybridized carbons (Fsp3) is 0.538. The second-order valence-corrected chi connectivity index (χ2v) is 5.28. The number of hydrogen-bond acceptors (Lipinski definition) is 4. The van der Waals surface area contributed by atoms with Crippen LogP contribution in [-0.2, 0) is 0 Å². The van der Waals surface area contributed by atoms with Gasteiger partial charge in [0.25, 0.3) is 5.69 Å². The number of rotatable bonds is 8. The van der Waals surface area contributed by atoms with E-state index in [4.69, 9.17) is 0 Å². The van der Waals surface area contributed by atoms with Crippen LogP contribution in [0.4, 0.5) is 11.4 Å². The summed E-state index contributed by atoms with van der Waals surface area (Å²) in [5.74, 6) is 1.20. The van der Waals surface area contributed by atoms with Crippen molar-refractivity contribution in [3.8, 4) is 0 Å². The Hall–Kier alpha value is -1.23. The fourth-order valence-electron chi connectivity index (χ4n) is 1.75. The van der Waals surface area contributed by atoms with Crippen LogP contribution in [0.25, 0.3) is 0 Å². The highest BCUT2D eigenvalue weighted by molar-refractivity contribution is 7.98. The zero-order valence-electron chi connectivity index (χ0n) is 10.9. The summed E-state index contributed by atoms with van der Waals surface area (Å²) < 4.78 is 0. The van der Waals surface area contributed by atoms with Crippen LogP contribution in [0.2, 0.25) is 0 Å². The standard InChI is InChI=1S/C13H20N2O2S/c1-11-8-12(10-13(9-11)15(16)17)14-6-4-3-5-7-18-2/h8-10,14H,3-7H2,1-2H3. The summed E-state index contributed by atoms with van der Waals surface area (Å²) >= 11 is 1.87. The van der Waals surface area contributed by atoms with Gasteiger partial charge in [0.2, 0.25) is 0 Å². The van der Waals surface area contributed by atoms with Crippen LogP contribution in [0.15, 0.2) is 18.2 Å². The van der Waals surface area contributed by atoms with E-state index in [0.717, 1.165) is 24.2 Å². The smallest absolute Gasteiger partial charge is 0.271 e. The zero-order valence-corrected chi connectivity index (χ0v) is 11.8. The Morgan fingerprint density at radius 1 is 1.28 bits per heavy atom. The molecule has 0 amide bonds. The van der Waals surface area contributed by atoms with Gasteiger partial charge in [-0.05, 0) is 43.4 Å². The first-order valence-electron chi connectivity index (χ1n) is 6.12. The van der Waals surface area contributed by atoms with Crippen molar-refractivity contribution in [3.05, 3.63) is 33.9 Å². The molecule has 0 saturated carbocycles. The van der Waals surface area contributed by atoms with Gasteiger partial charge in [0, 0.05) is 24.4 Å². The second-order valence-electron chi connectivity index (χ2n) is 4.29. The normalized spacial score (nSPS) is 10.3. The Labute approximate surface area is 112 Å². The van der Waals surface area contributed by atoms with Crippen molar-refractivity contribution in [2.75, 3.05) is 23.9 Å². The molecule has 0 aromatic heterocycles. The van der Waals surface area contributed by atoms with E-state index in [0.29, 0.717) is 0 Å². The summed E-state index contributed by atoms with van der Waals surface area (Å²) in [5.41, 5.74) is 1.90. The summed E-state index contributed by atoms with van der Waals surface area (Å²) in [6.45, 7) is 2.74. The molecule has 1 rings (SSSR count). The molecule has 0 unspecified atom stereocenters. The molecule has 18 heavy (non-hydrogen) atoms. The largest absolute Gasteiger partial charge is 0.385 e. The SMILES string of the molecule is CSCCCCCNc1cc(C)cc([N+](=O)[O-])c1. The maximum Gasteiger partial charge on any atom is 0.271 e. The van der Waals surface area contributed by atoms with Crippen LogP contribution in [0, 0.1) is 17.0 Å². The van der Waals surface area contributed by atoms with Gasteiger partial charge in [0.05, 0.1) is 4.92 Å². The Kier molecular flexibility index (Phi) is 6.57. The molecule has 0 atom stereocenters. The number of nitrogens with one attached hydrogen (secondary N) is 1. The third-order valence-corrected chi connectivity index (χ3v) is 3.32. The van der Waals surface area contributed by atoms with Crippen LogP contribution in [0.3, 0.4) is 0 Å². The molecule has 0 aliphatic heterocycles. The van der Waals surface area contributed by atoms with Crippen molar-refractivity contribution in [3.63, 3.8) is 0 Å². The average Bonchev–Trinajstić information content (AvgIpc) is 2.33. The highest BCUT2D eigenvalue weighted by Crippen LogP contribution is 2.20. The minimum absolute atomic E-state index is 0.153. The van der Waals surface area contributed by atoms with E-state index in [9.17, 15) is 10.1 Å². The van der Waals surface area contributed by atoms with Crippen molar-refractivity contribution in [1.82, 2.24) is 0 Å². The molecule has 5 heteroatoms. The van der Waals surface area contributed by atoms with E-state index >= 15 is 0 Å². The quantitative estimate of drug-likeness (QED) is 0.442. The lowest BCUT2D eigenvalue weighted by Gasteiger charge is -2.07. The molecule has 100 valence electrons. The number of aryl methyl sites for hydroxylation is 1. The van der Waals surface area contributed by atoms with E-state index in [1.807, 2.05) is 24.8 Å². The van der Waals surface area contributed by atoms with E-state index in [1.165, 1.54) is 18.6 Å². The number of benzene rings is 1. The van der Waals surface area contributed by atoms with Gasteiger partial charge >= 0.3 is 0 Å². The molecule has 0 heterocycles. The molecule has 1 aromatic rings. The van der Waals surface area contributed by atoms with Gasteiger partial charge in [-0.1, -0.05) is 6.42 Å². The Morgan fingerprint density at radius 3 is 2.72 bits per heavy atom. The molecule has 0 bridgehead atoms. The molecule has 0 spiro atoms. The van der Waals surface area contributed by atoms with Crippen molar-refractivity contribution >= 4 is 23.1 Å². The van der Waals surface area contributed by atoms with Gasteiger partial charge in [-0.2, -0.15) is 11.8 Å². The first kappa shape index (κ1) is 14.8. The number of hydrogen-bond donors (Lipinski definition) is 1. The first-order chi connectivity index (χ1) is 8.63. The second kappa shape index (κ2) is 7.97. The van der Waals surface area contributed by atoms with Crippen LogP contribution < -0.4 is 5.32 Å². The monoisotopic (exact) mass is 268 g/mol. The lowest BCUT2D eigenvalue weighted by Crippen LogP contribution is -2.02. The molecule has 1 N–H and O–H groups in total. The lowest BCUT2D eigenvalue weighted by atomic mass is 10.2. The number of nitro benzene ring substituents is 1. The topological polar surface area (TPSA) is 55.2 Å². The van der Waals surface area contributed by atoms with Crippen LogP contribution in [0.1, 0.15) is 24.8 Å². The summed E-state index contributed by atoms with van der Waals surface area (Å²) in [5, 5.41) is 14.0. The highest BCUT2D eigenvalue weighted by atomic mass is 32.2. The molecule has 1 aromatic carbocycles. The molecule has 0 saturated heterocycles. The molecule has 0 radical (unpaired) electrons. The minimum Gasteiger partial charge on any atom is -0.385 e. The molecule has 0 aliphatic rings. The number of non-ortho nitro benzene ring substituents is 1. The van der Waals surface area contributed by atoms with E-state index in [2.05, 4.69) is 11.6 Å². The molecule has 0 aliphatic carbocycles. The van der Waals surface area contributed by atoms with Crippen LogP contribution in [-0.4, -0.2) is 23.5 Å². The third kappa shape index (κ3) is 5.40. The number of anilines is 1. The maximum atomic E-state index is 10.7. The predicted molar refractivity (Wildman–Crippen MR) is 78.6 cm³/mol. The van der Waals surface area contributed by atoms with E-state index < -0.39 is 0 Å². The van der Waals surface area contributed by atoms with Crippen molar-refractivity contribution in [2.45, 2.75) is 26.2 Å². The number of nitro groups is 1. The van der Waals surface area contributed by atoms with Crippen molar-refractivity contribution in [2.24, 2.45) is 0 Å².